The Morgan fingerprint density at radius 3 is 2.19 bits per heavy atom. The molecule has 0 aliphatic carbocycles. The van der Waals surface area contributed by atoms with Gasteiger partial charge in [0.05, 0.1) is 30.2 Å². The molecule has 0 atom stereocenters. The highest BCUT2D eigenvalue weighted by Crippen LogP contribution is 2.32. The summed E-state index contributed by atoms with van der Waals surface area (Å²) in [6, 6.07) is 16.4. The highest BCUT2D eigenvalue weighted by molar-refractivity contribution is 6.31. The van der Waals surface area contributed by atoms with Gasteiger partial charge in [0.2, 0.25) is 0 Å². The molecule has 1 N–H and O–H groups in total. The Labute approximate surface area is 220 Å². The van der Waals surface area contributed by atoms with Crippen molar-refractivity contribution in [3.63, 3.8) is 0 Å². The molecule has 1 saturated heterocycles. The van der Waals surface area contributed by atoms with E-state index in [0.717, 1.165) is 5.69 Å². The van der Waals surface area contributed by atoms with Crippen LogP contribution in [0.25, 0.3) is 0 Å². The van der Waals surface area contributed by atoms with E-state index in [1.54, 1.807) is 47.4 Å². The number of anilines is 2. The molecular formula is C28H29ClFN3O4. The van der Waals surface area contributed by atoms with E-state index in [9.17, 15) is 14.0 Å². The Morgan fingerprint density at radius 2 is 1.57 bits per heavy atom. The number of benzene rings is 3. The van der Waals surface area contributed by atoms with Crippen molar-refractivity contribution in [2.24, 2.45) is 0 Å². The second kappa shape index (κ2) is 12.0. The van der Waals surface area contributed by atoms with Gasteiger partial charge in [-0.05, 0) is 56.3 Å². The van der Waals surface area contributed by atoms with Gasteiger partial charge >= 0.3 is 0 Å². The van der Waals surface area contributed by atoms with E-state index in [1.807, 2.05) is 19.9 Å². The first-order chi connectivity index (χ1) is 17.9. The molecule has 0 bridgehead atoms. The van der Waals surface area contributed by atoms with E-state index in [0.29, 0.717) is 67.2 Å². The number of hydrogen-bond acceptors (Lipinski definition) is 5. The quantitative estimate of drug-likeness (QED) is 0.421. The van der Waals surface area contributed by atoms with Crippen LogP contribution in [-0.4, -0.2) is 56.1 Å². The zero-order valence-electron chi connectivity index (χ0n) is 20.8. The van der Waals surface area contributed by atoms with Crippen LogP contribution >= 0.6 is 11.6 Å². The fraction of sp³-hybridized carbons (Fsp3) is 0.286. The number of nitrogens with one attached hydrogen (secondary N) is 1. The normalized spacial score (nSPS) is 13.3. The van der Waals surface area contributed by atoms with E-state index in [2.05, 4.69) is 10.2 Å². The number of hydrogen-bond donors (Lipinski definition) is 1. The lowest BCUT2D eigenvalue weighted by Crippen LogP contribution is -2.49. The Bertz CT molecular complexity index is 1250. The summed E-state index contributed by atoms with van der Waals surface area (Å²) >= 11 is 6.27. The molecule has 2 amide bonds. The van der Waals surface area contributed by atoms with Crippen molar-refractivity contribution < 1.29 is 23.5 Å². The van der Waals surface area contributed by atoms with E-state index < -0.39 is 5.82 Å². The van der Waals surface area contributed by atoms with Gasteiger partial charge in [0, 0.05) is 42.8 Å². The number of carbonyl (C=O) groups is 2. The third-order valence-corrected chi connectivity index (χ3v) is 6.22. The molecular weight excluding hydrogens is 497 g/mol. The fourth-order valence-electron chi connectivity index (χ4n) is 4.24. The number of carbonyl (C=O) groups excluding carboxylic acids is 2. The predicted octanol–water partition coefficient (Wildman–Crippen LogP) is 5.49. The van der Waals surface area contributed by atoms with Crippen molar-refractivity contribution in [3.8, 4) is 11.5 Å². The standard InChI is InChI=1S/C28H29ClFN3O4/c1-3-36-21-15-19(16-22(18-21)37-4-2)27(34)31-25-17-20(29)9-10-26(25)32-11-13-33(14-12-32)28(35)23-7-5-6-8-24(23)30/h5-10,15-18H,3-4,11-14H2,1-2H3,(H,31,34). The average Bonchev–Trinajstić information content (AvgIpc) is 2.89. The lowest BCUT2D eigenvalue weighted by molar-refractivity contribution is 0.0742. The molecule has 0 aromatic heterocycles. The molecule has 9 heteroatoms. The average molecular weight is 526 g/mol. The molecule has 1 aliphatic rings. The lowest BCUT2D eigenvalue weighted by Gasteiger charge is -2.37. The van der Waals surface area contributed by atoms with Crippen LogP contribution in [0, 0.1) is 5.82 Å². The minimum absolute atomic E-state index is 0.0658. The number of rotatable bonds is 8. The van der Waals surface area contributed by atoms with Gasteiger partial charge in [-0.25, -0.2) is 4.39 Å². The smallest absolute Gasteiger partial charge is 0.256 e. The first-order valence-electron chi connectivity index (χ1n) is 12.2. The summed E-state index contributed by atoms with van der Waals surface area (Å²) in [6.45, 7) is 6.51. The maximum atomic E-state index is 14.1. The van der Waals surface area contributed by atoms with Gasteiger partial charge in [0.25, 0.3) is 11.8 Å². The Balaban J connectivity index is 1.50. The third-order valence-electron chi connectivity index (χ3n) is 5.98. The molecule has 1 fully saturated rings. The summed E-state index contributed by atoms with van der Waals surface area (Å²) in [5, 5.41) is 3.44. The van der Waals surface area contributed by atoms with Gasteiger partial charge in [-0.3, -0.25) is 9.59 Å². The summed E-state index contributed by atoms with van der Waals surface area (Å²) in [6.07, 6.45) is 0. The molecule has 3 aromatic carbocycles. The SMILES string of the molecule is CCOc1cc(OCC)cc(C(=O)Nc2cc(Cl)ccc2N2CCN(C(=O)c3ccccc3F)CC2)c1. The highest BCUT2D eigenvalue weighted by atomic mass is 35.5. The minimum atomic E-state index is -0.529. The fourth-order valence-corrected chi connectivity index (χ4v) is 4.41. The number of piperazine rings is 1. The second-order valence-electron chi connectivity index (χ2n) is 8.43. The van der Waals surface area contributed by atoms with Crippen molar-refractivity contribution in [2.75, 3.05) is 49.6 Å². The summed E-state index contributed by atoms with van der Waals surface area (Å²) < 4.78 is 25.3. The van der Waals surface area contributed by atoms with Crippen LogP contribution in [0.1, 0.15) is 34.6 Å². The van der Waals surface area contributed by atoms with Gasteiger partial charge in [-0.2, -0.15) is 0 Å². The van der Waals surface area contributed by atoms with Crippen LogP contribution in [0.3, 0.4) is 0 Å². The maximum Gasteiger partial charge on any atom is 0.256 e. The predicted molar refractivity (Wildman–Crippen MR) is 143 cm³/mol. The molecule has 0 spiro atoms. The molecule has 37 heavy (non-hydrogen) atoms. The molecule has 4 rings (SSSR count). The van der Waals surface area contributed by atoms with E-state index in [1.165, 1.54) is 12.1 Å². The molecule has 0 unspecified atom stereocenters. The van der Waals surface area contributed by atoms with Gasteiger partial charge in [0.15, 0.2) is 0 Å². The van der Waals surface area contributed by atoms with Crippen molar-refractivity contribution in [1.29, 1.82) is 0 Å². The van der Waals surface area contributed by atoms with Crippen LogP contribution in [0.15, 0.2) is 60.7 Å². The molecule has 1 aliphatic heterocycles. The summed E-state index contributed by atoms with van der Waals surface area (Å²) in [5.74, 6) is -0.110. The molecule has 7 nitrogen and oxygen atoms in total. The third kappa shape index (κ3) is 6.32. The molecule has 194 valence electrons. The van der Waals surface area contributed by atoms with E-state index in [4.69, 9.17) is 21.1 Å². The highest BCUT2D eigenvalue weighted by Gasteiger charge is 2.25. The number of amides is 2. The topological polar surface area (TPSA) is 71.1 Å². The second-order valence-corrected chi connectivity index (χ2v) is 8.87. The number of halogens is 2. The van der Waals surface area contributed by atoms with Gasteiger partial charge < -0.3 is 24.6 Å². The zero-order chi connectivity index (χ0) is 26.4. The molecule has 0 radical (unpaired) electrons. The van der Waals surface area contributed by atoms with Crippen molar-refractivity contribution in [1.82, 2.24) is 4.90 Å². The van der Waals surface area contributed by atoms with Crippen LogP contribution in [0.2, 0.25) is 5.02 Å². The van der Waals surface area contributed by atoms with Crippen LogP contribution in [0.4, 0.5) is 15.8 Å². The first kappa shape index (κ1) is 26.3. The van der Waals surface area contributed by atoms with Crippen molar-refractivity contribution in [3.05, 3.63) is 82.6 Å². The molecule has 3 aromatic rings. The van der Waals surface area contributed by atoms with Crippen LogP contribution in [-0.2, 0) is 0 Å². The maximum absolute atomic E-state index is 14.1. The summed E-state index contributed by atoms with van der Waals surface area (Å²) in [7, 11) is 0. The Hall–Kier alpha value is -3.78. The number of ether oxygens (including phenoxy) is 2. The van der Waals surface area contributed by atoms with E-state index in [-0.39, 0.29) is 17.4 Å². The first-order valence-corrected chi connectivity index (χ1v) is 12.6. The summed E-state index contributed by atoms with van der Waals surface area (Å²) in [4.78, 5) is 29.7. The molecule has 0 saturated carbocycles. The Kier molecular flexibility index (Phi) is 8.50. The van der Waals surface area contributed by atoms with Crippen molar-refractivity contribution >= 4 is 34.8 Å². The van der Waals surface area contributed by atoms with Gasteiger partial charge in [0.1, 0.15) is 17.3 Å². The van der Waals surface area contributed by atoms with Gasteiger partial charge in [-0.1, -0.05) is 23.7 Å². The largest absolute Gasteiger partial charge is 0.494 e. The van der Waals surface area contributed by atoms with Crippen molar-refractivity contribution in [2.45, 2.75) is 13.8 Å². The van der Waals surface area contributed by atoms with Crippen LogP contribution in [0.5, 0.6) is 11.5 Å². The lowest BCUT2D eigenvalue weighted by atomic mass is 10.1. The minimum Gasteiger partial charge on any atom is -0.494 e. The van der Waals surface area contributed by atoms with Crippen LogP contribution < -0.4 is 19.7 Å². The Morgan fingerprint density at radius 1 is 0.919 bits per heavy atom. The number of nitrogens with zero attached hydrogens (tertiary/aromatic N) is 2. The monoisotopic (exact) mass is 525 g/mol. The van der Waals surface area contributed by atoms with E-state index >= 15 is 0 Å². The molecule has 1 heterocycles. The summed E-state index contributed by atoms with van der Waals surface area (Å²) in [5.41, 5.74) is 1.78. The zero-order valence-corrected chi connectivity index (χ0v) is 21.6. The van der Waals surface area contributed by atoms with Gasteiger partial charge in [-0.15, -0.1) is 0 Å².